The third-order valence-corrected chi connectivity index (χ3v) is 25.1. The highest BCUT2D eigenvalue weighted by Crippen LogP contribution is 2.51. The molecule has 0 bridgehead atoms. The van der Waals surface area contributed by atoms with E-state index in [0.717, 1.165) is 52.0 Å². The van der Waals surface area contributed by atoms with Gasteiger partial charge in [-0.15, -0.1) is 0 Å². The van der Waals surface area contributed by atoms with E-state index in [1.54, 1.807) is 113 Å². The first-order valence-electron chi connectivity index (χ1n) is 37.4. The van der Waals surface area contributed by atoms with Crippen LogP contribution in [0.15, 0.2) is 155 Å². The number of anilines is 3. The molecule has 0 amide bonds. The first-order chi connectivity index (χ1) is 58.3. The largest absolute Gasteiger partial charge is 0.496 e. The minimum Gasteiger partial charge on any atom is -0.496 e. The summed E-state index contributed by atoms with van der Waals surface area (Å²) in [4.78, 5) is 105. The van der Waals surface area contributed by atoms with Crippen molar-refractivity contribution in [3.05, 3.63) is 256 Å². The normalized spacial score (nSPS) is 12.9. The Hall–Kier alpha value is -10.3. The van der Waals surface area contributed by atoms with E-state index in [2.05, 4.69) is 44.9 Å². The molecule has 0 saturated heterocycles. The summed E-state index contributed by atoms with van der Waals surface area (Å²) >= 11 is 3.08. The number of imidazole rings is 3. The molecule has 0 fully saturated rings. The summed E-state index contributed by atoms with van der Waals surface area (Å²) in [5.74, 6) is -0.0724. The predicted octanol–water partition coefficient (Wildman–Crippen LogP) is 13.3. The molecular formula is C79H89F3N15O19P3S3. The second-order valence-electron chi connectivity index (χ2n) is 27.0. The zero-order valence-electron chi connectivity index (χ0n) is 67.2. The number of nitrogens with two attached hydrogens (primary N) is 3. The van der Waals surface area contributed by atoms with Crippen molar-refractivity contribution in [2.45, 2.75) is 81.0 Å². The monoisotopic (exact) mass is 1800 g/mol. The number of aryl methyl sites for hydroxylation is 6. The predicted molar refractivity (Wildman–Crippen MR) is 459 cm³/mol. The zero-order chi connectivity index (χ0) is 87.7. The molecule has 6 heterocycles. The van der Waals surface area contributed by atoms with Crippen LogP contribution in [0.3, 0.4) is 0 Å². The number of aromatic nitrogens is 12. The van der Waals surface area contributed by atoms with Crippen LogP contribution < -0.4 is 38.6 Å². The molecule has 0 aliphatic heterocycles. The Balaban J connectivity index is 0.000000192. The molecule has 122 heavy (non-hydrogen) atoms. The number of nitrogen functional groups attached to an aromatic ring is 3. The Morgan fingerprint density at radius 1 is 0.402 bits per heavy atom. The molecular weight excluding hydrogens is 1710 g/mol. The van der Waals surface area contributed by atoms with E-state index >= 15 is 0 Å². The Kier molecular flexibility index (Phi) is 34.4. The number of methoxy groups -OCH3 is 1. The van der Waals surface area contributed by atoms with Crippen molar-refractivity contribution >= 4 is 125 Å². The zero-order valence-corrected chi connectivity index (χ0v) is 72.4. The van der Waals surface area contributed by atoms with Crippen molar-refractivity contribution in [1.29, 1.82) is 0 Å². The van der Waals surface area contributed by atoms with Gasteiger partial charge in [-0.2, -0.15) is 15.0 Å². The molecule has 12 aromatic rings. The van der Waals surface area contributed by atoms with E-state index in [-0.39, 0.29) is 176 Å². The summed E-state index contributed by atoms with van der Waals surface area (Å²) in [5.41, 5.74) is 24.2. The number of halogens is 3. The van der Waals surface area contributed by atoms with E-state index in [1.165, 1.54) is 44.3 Å². The van der Waals surface area contributed by atoms with Crippen molar-refractivity contribution in [3.63, 3.8) is 0 Å². The SMILES string of the molecule is COc1cc(C(=O)SCCOP(=O)(COCCn2cnc3c(=O)[nH]c(N)nc32)OCc2ccc(C)c(F)c2)ccc1C.Cc1ccc(C(=O)SCCOP(=O)(COCCn2cnc3c(=O)[nH]c(N)nc32)OCc2ccc(C)c(F)c2)cc1.Cc1ccc(C(=O)SCCOP(=O)(COCCn2cnc3c(=O)[nH]c(N)nc32)OCc2ccc(C)c(F)c2)cc1. The molecule has 9 N–H and O–H groups in total. The maximum Gasteiger partial charge on any atom is 0.356 e. The fourth-order valence-electron chi connectivity index (χ4n) is 11.0. The third kappa shape index (κ3) is 27.6. The number of carbonyl (C=O) groups excluding carboxylic acids is 3. The first kappa shape index (κ1) is 94.0. The van der Waals surface area contributed by atoms with Crippen LogP contribution in [0.4, 0.5) is 31.0 Å². The highest BCUT2D eigenvalue weighted by atomic mass is 32.2. The van der Waals surface area contributed by atoms with E-state index < -0.39 is 63.3 Å². The van der Waals surface area contributed by atoms with Crippen LogP contribution in [0.5, 0.6) is 5.75 Å². The third-order valence-electron chi connectivity index (χ3n) is 17.7. The van der Waals surface area contributed by atoms with Crippen molar-refractivity contribution in [2.75, 3.05) is 100 Å². The molecule has 0 aliphatic rings. The molecule has 12 rings (SSSR count). The molecule has 6 aromatic carbocycles. The number of H-pyrrole nitrogens is 3. The molecule has 0 radical (unpaired) electrons. The van der Waals surface area contributed by atoms with Gasteiger partial charge in [-0.05, 0) is 111 Å². The fourth-order valence-corrected chi connectivity index (χ4v) is 17.2. The Morgan fingerprint density at radius 2 is 0.697 bits per heavy atom. The van der Waals surface area contributed by atoms with Gasteiger partial charge in [0.15, 0.2) is 33.5 Å². The molecule has 34 nitrogen and oxygen atoms in total. The van der Waals surface area contributed by atoms with Gasteiger partial charge in [0.2, 0.25) is 33.2 Å². The van der Waals surface area contributed by atoms with E-state index in [4.69, 9.17) is 63.3 Å². The Bertz CT molecular complexity index is 5770. The summed E-state index contributed by atoms with van der Waals surface area (Å²) in [6.07, 6.45) is 3.10. The highest BCUT2D eigenvalue weighted by Gasteiger charge is 2.30. The van der Waals surface area contributed by atoms with Gasteiger partial charge in [0.25, 0.3) is 16.7 Å². The minimum absolute atomic E-state index is 0.0384. The molecule has 6 aromatic heterocycles. The van der Waals surface area contributed by atoms with Gasteiger partial charge in [0.05, 0.1) is 85.6 Å². The number of nitrogens with one attached hydrogen (secondary N) is 3. The number of ether oxygens (including phenoxy) is 4. The number of rotatable bonds is 40. The highest BCUT2D eigenvalue weighted by molar-refractivity contribution is 8.14. The summed E-state index contributed by atoms with van der Waals surface area (Å²) in [7, 11) is -9.91. The van der Waals surface area contributed by atoms with Crippen LogP contribution >= 0.6 is 58.1 Å². The number of thioether (sulfide) groups is 3. The second-order valence-corrected chi connectivity index (χ2v) is 36.2. The van der Waals surface area contributed by atoms with Gasteiger partial charge in [-0.25, -0.2) is 28.1 Å². The number of nitrogens with zero attached hydrogens (tertiary/aromatic N) is 9. The lowest BCUT2D eigenvalue weighted by Crippen LogP contribution is -2.13. The van der Waals surface area contributed by atoms with Crippen LogP contribution in [-0.2, 0) is 94.5 Å². The van der Waals surface area contributed by atoms with Crippen LogP contribution in [0.25, 0.3) is 33.5 Å². The fraction of sp³-hybridized carbons (Fsp3) is 0.316. The molecule has 0 spiro atoms. The summed E-state index contributed by atoms with van der Waals surface area (Å²) in [6.45, 7) is 10.9. The number of hydrogen-bond acceptors (Lipinski definition) is 31. The Morgan fingerprint density at radius 3 is 1.00 bits per heavy atom. The van der Waals surface area contributed by atoms with E-state index in [0.29, 0.717) is 55.8 Å². The standard InChI is InChI=1S/C27H31FN5O7PS.2C26H29FN5O6PS/c1-17-4-6-19(12-21(17)28)14-40-41(36,39-10-11-42-26(35)20-7-5-18(2)22(13-20)37-3)16-38-9-8-33-15-30-23-24(33)31-27(29)32-25(23)34;2*1-17-3-7-20(8-4-17)25(34)40-12-11-37-39(35,38-14-19-6-5-18(2)21(27)13-19)16-36-10-9-32-15-29-22-23(32)30-26(28)31-24(22)33/h4-7,12-13,15H,8-11,14,16H2,1-3H3,(H3,29,31,32,34);2*3-8,13,15H,9-12,14,16H2,1-2H3,(H3,28,30,31,33). The van der Waals surface area contributed by atoms with Crippen LogP contribution in [0.1, 0.15) is 81.1 Å². The number of aromatic amines is 3. The maximum absolute atomic E-state index is 14.0. The minimum atomic E-state index is -3.84. The molecule has 3 unspecified atom stereocenters. The quantitative estimate of drug-likeness (QED) is 0.0153. The first-order valence-corrected chi connectivity index (χ1v) is 45.5. The van der Waals surface area contributed by atoms with Crippen LogP contribution in [0, 0.1) is 59.0 Å². The van der Waals surface area contributed by atoms with Crippen molar-refractivity contribution in [3.8, 4) is 5.75 Å². The number of carbonyl (C=O) groups is 3. The lowest BCUT2D eigenvalue weighted by molar-refractivity contribution is 0.108. The average Bonchev–Trinajstić information content (AvgIpc) is 1.67. The summed E-state index contributed by atoms with van der Waals surface area (Å²) in [6, 6.07) is 33.3. The van der Waals surface area contributed by atoms with Gasteiger partial charge in [0.1, 0.15) is 42.2 Å². The smallest absolute Gasteiger partial charge is 0.356 e. The van der Waals surface area contributed by atoms with E-state index in [9.17, 15) is 55.6 Å². The van der Waals surface area contributed by atoms with Crippen molar-refractivity contribution < 1.29 is 87.3 Å². The second kappa shape index (κ2) is 44.7. The van der Waals surface area contributed by atoms with Gasteiger partial charge in [0, 0.05) is 53.6 Å². The molecule has 43 heteroatoms. The lowest BCUT2D eigenvalue weighted by atomic mass is 10.1. The van der Waals surface area contributed by atoms with Crippen molar-refractivity contribution in [1.82, 2.24) is 58.6 Å². The van der Waals surface area contributed by atoms with Gasteiger partial charge >= 0.3 is 22.8 Å². The van der Waals surface area contributed by atoms with Crippen LogP contribution in [-0.4, -0.2) is 157 Å². The maximum atomic E-state index is 14.0. The average molecular weight is 1800 g/mol. The van der Waals surface area contributed by atoms with E-state index in [1.807, 2.05) is 45.0 Å². The lowest BCUT2D eigenvalue weighted by Gasteiger charge is -2.19. The molecule has 0 aliphatic carbocycles. The number of hydrogen-bond donors (Lipinski definition) is 6. The van der Waals surface area contributed by atoms with Crippen molar-refractivity contribution in [2.24, 2.45) is 0 Å². The van der Waals surface area contributed by atoms with Crippen LogP contribution in [0.2, 0.25) is 0 Å². The summed E-state index contributed by atoms with van der Waals surface area (Å²) < 4.78 is 143. The van der Waals surface area contributed by atoms with Gasteiger partial charge in [-0.3, -0.25) is 57.4 Å². The number of fused-ring (bicyclic) bond motifs is 3. The molecule has 3 atom stereocenters. The Labute approximate surface area is 709 Å². The number of benzene rings is 6. The summed E-state index contributed by atoms with van der Waals surface area (Å²) in [5, 5.41) is -0.461. The topological polar surface area (TPSA) is 463 Å². The van der Waals surface area contributed by atoms with Gasteiger partial charge in [-0.1, -0.05) is 137 Å². The van der Waals surface area contributed by atoms with Gasteiger partial charge < -0.3 is 77.0 Å². The molecule has 0 saturated carbocycles. The molecule has 648 valence electrons.